The predicted octanol–water partition coefficient (Wildman–Crippen LogP) is 4.36. The second kappa shape index (κ2) is 7.89. The van der Waals surface area contributed by atoms with E-state index in [1.807, 2.05) is 30.3 Å². The minimum Gasteiger partial charge on any atom is -0.507 e. The van der Waals surface area contributed by atoms with Crippen LogP contribution in [0.5, 0.6) is 0 Å². The fourth-order valence-corrected chi connectivity index (χ4v) is 3.60. The number of pyridine rings is 1. The molecule has 1 N–H and O–H groups in total. The van der Waals surface area contributed by atoms with Crippen molar-refractivity contribution in [3.05, 3.63) is 106 Å². The molecule has 1 fully saturated rings. The first kappa shape index (κ1) is 18.9. The number of nitrogens with zero attached hydrogens (tertiary/aromatic N) is 2. The Hall–Kier alpha value is -3.44. The molecule has 1 saturated heterocycles. The minimum absolute atomic E-state index is 0.0428. The van der Waals surface area contributed by atoms with Crippen molar-refractivity contribution in [2.45, 2.75) is 12.6 Å². The first-order valence-corrected chi connectivity index (χ1v) is 9.42. The summed E-state index contributed by atoms with van der Waals surface area (Å²) in [4.78, 5) is 31.4. The normalized spacial score (nSPS) is 18.2. The molecular formula is C23H17ClN2O3. The highest BCUT2D eigenvalue weighted by Crippen LogP contribution is 2.40. The summed E-state index contributed by atoms with van der Waals surface area (Å²) in [7, 11) is 0. The van der Waals surface area contributed by atoms with Crippen molar-refractivity contribution in [3.63, 3.8) is 0 Å². The molecule has 0 radical (unpaired) electrons. The van der Waals surface area contributed by atoms with Crippen LogP contribution in [0.2, 0.25) is 5.02 Å². The van der Waals surface area contributed by atoms with Crippen molar-refractivity contribution in [2.75, 3.05) is 0 Å². The molecule has 144 valence electrons. The molecular weight excluding hydrogens is 388 g/mol. The smallest absolute Gasteiger partial charge is 0.295 e. The van der Waals surface area contributed by atoms with Crippen LogP contribution in [0.1, 0.15) is 22.7 Å². The lowest BCUT2D eigenvalue weighted by atomic mass is 9.96. The minimum atomic E-state index is -0.736. The number of halogens is 1. The van der Waals surface area contributed by atoms with Crippen LogP contribution in [-0.4, -0.2) is 26.7 Å². The molecule has 1 unspecified atom stereocenters. The predicted molar refractivity (Wildman–Crippen MR) is 110 cm³/mol. The van der Waals surface area contributed by atoms with Gasteiger partial charge in [0.15, 0.2) is 0 Å². The van der Waals surface area contributed by atoms with Crippen LogP contribution in [0, 0.1) is 0 Å². The fraction of sp³-hybridized carbons (Fsp3) is 0.0870. The SMILES string of the molecule is O=C1C(=O)N(Cc2ccccc2)C(c2cccnc2)/C1=C(\O)c1ccc(Cl)cc1. The Bertz CT molecular complexity index is 1080. The Kier molecular flexibility index (Phi) is 5.14. The van der Waals surface area contributed by atoms with Gasteiger partial charge in [0.1, 0.15) is 5.76 Å². The summed E-state index contributed by atoms with van der Waals surface area (Å²) in [6.45, 7) is 0.238. The third kappa shape index (κ3) is 3.65. The van der Waals surface area contributed by atoms with Gasteiger partial charge in [-0.15, -0.1) is 0 Å². The summed E-state index contributed by atoms with van der Waals surface area (Å²) in [5, 5.41) is 11.4. The van der Waals surface area contributed by atoms with Crippen molar-refractivity contribution >= 4 is 29.1 Å². The largest absolute Gasteiger partial charge is 0.507 e. The maximum atomic E-state index is 12.9. The van der Waals surface area contributed by atoms with E-state index >= 15 is 0 Å². The van der Waals surface area contributed by atoms with Gasteiger partial charge in [-0.05, 0) is 41.5 Å². The lowest BCUT2D eigenvalue weighted by Crippen LogP contribution is -2.29. The number of carbonyl (C=O) groups excluding carboxylic acids is 2. The van der Waals surface area contributed by atoms with E-state index in [0.717, 1.165) is 5.56 Å². The number of carbonyl (C=O) groups is 2. The highest BCUT2D eigenvalue weighted by atomic mass is 35.5. The van der Waals surface area contributed by atoms with Crippen molar-refractivity contribution in [1.29, 1.82) is 0 Å². The van der Waals surface area contributed by atoms with Crippen molar-refractivity contribution in [2.24, 2.45) is 0 Å². The topological polar surface area (TPSA) is 70.5 Å². The van der Waals surface area contributed by atoms with Gasteiger partial charge in [-0.25, -0.2) is 0 Å². The van der Waals surface area contributed by atoms with Crippen LogP contribution < -0.4 is 0 Å². The molecule has 2 heterocycles. The van der Waals surface area contributed by atoms with Crippen LogP contribution in [-0.2, 0) is 16.1 Å². The first-order chi connectivity index (χ1) is 14.1. The Morgan fingerprint density at radius 2 is 1.72 bits per heavy atom. The molecule has 0 spiro atoms. The summed E-state index contributed by atoms with van der Waals surface area (Å²) in [6.07, 6.45) is 3.22. The first-order valence-electron chi connectivity index (χ1n) is 9.04. The van der Waals surface area contributed by atoms with Crippen LogP contribution in [0.4, 0.5) is 0 Å². The van der Waals surface area contributed by atoms with Gasteiger partial charge in [-0.3, -0.25) is 14.6 Å². The average Bonchev–Trinajstić information content (AvgIpc) is 3.00. The fourth-order valence-electron chi connectivity index (χ4n) is 3.47. The molecule has 6 heteroatoms. The molecule has 1 aliphatic heterocycles. The number of amides is 1. The van der Waals surface area contributed by atoms with Crippen LogP contribution in [0.15, 0.2) is 84.7 Å². The summed E-state index contributed by atoms with van der Waals surface area (Å²) in [5.41, 5.74) is 2.00. The van der Waals surface area contributed by atoms with E-state index in [2.05, 4.69) is 4.98 Å². The Morgan fingerprint density at radius 3 is 2.38 bits per heavy atom. The number of rotatable bonds is 4. The number of aliphatic hydroxyl groups excluding tert-OH is 1. The highest BCUT2D eigenvalue weighted by Gasteiger charge is 2.46. The van der Waals surface area contributed by atoms with Gasteiger partial charge in [0.05, 0.1) is 11.6 Å². The number of ketones is 1. The number of Topliss-reactive ketones (excluding diaryl/α,β-unsaturated/α-hetero) is 1. The molecule has 1 aromatic heterocycles. The van der Waals surface area contributed by atoms with Gasteiger partial charge in [0.25, 0.3) is 11.7 Å². The molecule has 0 aliphatic carbocycles. The molecule has 2 aromatic carbocycles. The Balaban J connectivity index is 1.85. The summed E-state index contributed by atoms with van der Waals surface area (Å²) >= 11 is 5.93. The van der Waals surface area contributed by atoms with Gasteiger partial charge >= 0.3 is 0 Å². The highest BCUT2D eigenvalue weighted by molar-refractivity contribution is 6.46. The van der Waals surface area contributed by atoms with E-state index in [1.54, 1.807) is 48.8 Å². The third-order valence-corrected chi connectivity index (χ3v) is 5.11. The van der Waals surface area contributed by atoms with Gasteiger partial charge in [0.2, 0.25) is 0 Å². The monoisotopic (exact) mass is 404 g/mol. The zero-order valence-electron chi connectivity index (χ0n) is 15.3. The quantitative estimate of drug-likeness (QED) is 0.398. The maximum Gasteiger partial charge on any atom is 0.295 e. The zero-order chi connectivity index (χ0) is 20.4. The number of hydrogen-bond donors (Lipinski definition) is 1. The van der Waals surface area contributed by atoms with Crippen molar-refractivity contribution in [1.82, 2.24) is 9.88 Å². The Labute approximate surface area is 172 Å². The van der Waals surface area contributed by atoms with E-state index < -0.39 is 17.7 Å². The van der Waals surface area contributed by atoms with Gasteiger partial charge in [-0.2, -0.15) is 0 Å². The number of benzene rings is 2. The van der Waals surface area contributed by atoms with Crippen molar-refractivity contribution in [3.8, 4) is 0 Å². The number of aromatic nitrogens is 1. The maximum absolute atomic E-state index is 12.9. The molecule has 5 nitrogen and oxygen atoms in total. The lowest BCUT2D eigenvalue weighted by Gasteiger charge is -2.25. The number of aliphatic hydroxyl groups is 1. The standard InChI is InChI=1S/C23H17ClN2O3/c24-18-10-8-16(9-11-18)21(27)19-20(17-7-4-12-25-13-17)26(23(29)22(19)28)14-15-5-2-1-3-6-15/h1-13,20,27H,14H2/b21-19+. The van der Waals surface area contributed by atoms with Gasteiger partial charge in [-0.1, -0.05) is 48.0 Å². The van der Waals surface area contributed by atoms with E-state index in [1.165, 1.54) is 4.90 Å². The molecule has 29 heavy (non-hydrogen) atoms. The summed E-state index contributed by atoms with van der Waals surface area (Å²) < 4.78 is 0. The van der Waals surface area contributed by atoms with E-state index in [-0.39, 0.29) is 17.9 Å². The van der Waals surface area contributed by atoms with Crippen molar-refractivity contribution < 1.29 is 14.7 Å². The summed E-state index contributed by atoms with van der Waals surface area (Å²) in [6, 6.07) is 18.7. The molecule has 1 atom stereocenters. The van der Waals surface area contributed by atoms with E-state index in [4.69, 9.17) is 11.6 Å². The second-order valence-corrected chi connectivity index (χ2v) is 7.14. The number of hydrogen-bond acceptors (Lipinski definition) is 4. The van der Waals surface area contributed by atoms with Crippen LogP contribution in [0.3, 0.4) is 0 Å². The van der Waals surface area contributed by atoms with Gasteiger partial charge < -0.3 is 10.0 Å². The molecule has 4 rings (SSSR count). The molecule has 1 amide bonds. The molecule has 3 aromatic rings. The third-order valence-electron chi connectivity index (χ3n) is 4.85. The van der Waals surface area contributed by atoms with E-state index in [0.29, 0.717) is 16.1 Å². The average molecular weight is 405 g/mol. The van der Waals surface area contributed by atoms with E-state index in [9.17, 15) is 14.7 Å². The lowest BCUT2D eigenvalue weighted by molar-refractivity contribution is -0.140. The molecule has 1 aliphatic rings. The summed E-state index contributed by atoms with van der Waals surface area (Å²) in [5.74, 6) is -1.61. The molecule has 0 saturated carbocycles. The van der Waals surface area contributed by atoms with Crippen LogP contribution in [0.25, 0.3) is 5.76 Å². The zero-order valence-corrected chi connectivity index (χ0v) is 16.1. The number of likely N-dealkylation sites (tertiary alicyclic amines) is 1. The Morgan fingerprint density at radius 1 is 1.00 bits per heavy atom. The van der Waals surface area contributed by atoms with Crippen LogP contribution >= 0.6 is 11.6 Å². The second-order valence-electron chi connectivity index (χ2n) is 6.71. The van der Waals surface area contributed by atoms with Gasteiger partial charge in [0, 0.05) is 29.5 Å². The molecule has 0 bridgehead atoms.